The first-order valence-corrected chi connectivity index (χ1v) is 9.97. The summed E-state index contributed by atoms with van der Waals surface area (Å²) in [6.45, 7) is 1.48. The van der Waals surface area contributed by atoms with Gasteiger partial charge in [0.2, 0.25) is 5.91 Å². The van der Waals surface area contributed by atoms with Crippen LogP contribution in [-0.4, -0.2) is 55.1 Å². The van der Waals surface area contributed by atoms with Crippen molar-refractivity contribution in [3.05, 3.63) is 41.6 Å². The smallest absolute Gasteiger partial charge is 0.255 e. The molecule has 26 heavy (non-hydrogen) atoms. The van der Waals surface area contributed by atoms with Crippen LogP contribution in [0.25, 0.3) is 0 Å². The molecule has 0 aliphatic carbocycles. The molecule has 2 heterocycles. The van der Waals surface area contributed by atoms with E-state index in [1.54, 1.807) is 24.3 Å². The maximum atomic E-state index is 12.3. The maximum absolute atomic E-state index is 12.3. The SMILES string of the molecule is CC(=O)N1CC(Nc2cccc(C(=O)N[C@H]3CCS(=O)(=O)C3)c2)=CC1=O. The molecule has 0 bridgehead atoms. The van der Waals surface area contributed by atoms with E-state index < -0.39 is 9.84 Å². The molecule has 2 aliphatic heterocycles. The summed E-state index contributed by atoms with van der Waals surface area (Å²) in [5, 5.41) is 5.76. The lowest BCUT2D eigenvalue weighted by molar-refractivity contribution is -0.138. The molecule has 2 N–H and O–H groups in total. The zero-order valence-corrected chi connectivity index (χ0v) is 15.0. The number of anilines is 1. The van der Waals surface area contributed by atoms with Crippen LogP contribution in [0, 0.1) is 0 Å². The Hall–Kier alpha value is -2.68. The van der Waals surface area contributed by atoms with Gasteiger partial charge in [0.1, 0.15) is 0 Å². The predicted octanol–water partition coefficient (Wildman–Crippen LogP) is 0.288. The van der Waals surface area contributed by atoms with E-state index in [0.717, 1.165) is 4.90 Å². The molecule has 1 aromatic carbocycles. The summed E-state index contributed by atoms with van der Waals surface area (Å²) in [4.78, 5) is 36.5. The molecule has 1 fully saturated rings. The number of hydrogen-bond donors (Lipinski definition) is 2. The largest absolute Gasteiger partial charge is 0.357 e. The highest BCUT2D eigenvalue weighted by Crippen LogP contribution is 2.18. The van der Waals surface area contributed by atoms with Crippen LogP contribution in [-0.2, 0) is 19.4 Å². The highest BCUT2D eigenvalue weighted by Gasteiger charge is 2.29. The minimum absolute atomic E-state index is 0.0352. The molecular weight excluding hydrogens is 358 g/mol. The maximum Gasteiger partial charge on any atom is 0.255 e. The summed E-state index contributed by atoms with van der Waals surface area (Å²) >= 11 is 0. The lowest BCUT2D eigenvalue weighted by atomic mass is 10.1. The molecule has 1 saturated heterocycles. The standard InChI is InChI=1S/C17H19N3O5S/c1-11(21)20-9-15(8-16(20)22)18-13-4-2-3-12(7-13)17(23)19-14-5-6-26(24,25)10-14/h2-4,7-8,14,18H,5-6,9-10H2,1H3,(H,19,23)/t14-/m0/s1. The van der Waals surface area contributed by atoms with Crippen molar-refractivity contribution in [1.82, 2.24) is 10.2 Å². The van der Waals surface area contributed by atoms with Crippen LogP contribution in [0.15, 0.2) is 36.0 Å². The van der Waals surface area contributed by atoms with Crippen molar-refractivity contribution in [3.63, 3.8) is 0 Å². The molecule has 9 heteroatoms. The second-order valence-electron chi connectivity index (χ2n) is 6.39. The Kier molecular flexibility index (Phi) is 4.82. The van der Waals surface area contributed by atoms with Crippen molar-refractivity contribution in [2.75, 3.05) is 23.4 Å². The number of carbonyl (C=O) groups excluding carboxylic acids is 3. The summed E-state index contributed by atoms with van der Waals surface area (Å²) in [7, 11) is -3.06. The second-order valence-corrected chi connectivity index (χ2v) is 8.62. The van der Waals surface area contributed by atoms with E-state index in [-0.39, 0.29) is 41.8 Å². The average molecular weight is 377 g/mol. The fraction of sp³-hybridized carbons (Fsp3) is 0.353. The van der Waals surface area contributed by atoms with E-state index in [1.165, 1.54) is 13.0 Å². The molecule has 8 nitrogen and oxygen atoms in total. The number of sulfone groups is 1. The van der Waals surface area contributed by atoms with Crippen LogP contribution in [0.1, 0.15) is 23.7 Å². The van der Waals surface area contributed by atoms with Gasteiger partial charge in [-0.15, -0.1) is 0 Å². The number of nitrogens with one attached hydrogen (secondary N) is 2. The molecular formula is C17H19N3O5S. The molecule has 0 aromatic heterocycles. The Morgan fingerprint density at radius 3 is 2.65 bits per heavy atom. The van der Waals surface area contributed by atoms with E-state index in [2.05, 4.69) is 10.6 Å². The van der Waals surface area contributed by atoms with Crippen LogP contribution >= 0.6 is 0 Å². The minimum atomic E-state index is -3.06. The van der Waals surface area contributed by atoms with Gasteiger partial charge >= 0.3 is 0 Å². The number of benzene rings is 1. The Labute approximate surface area is 151 Å². The van der Waals surface area contributed by atoms with Gasteiger partial charge in [0.15, 0.2) is 9.84 Å². The van der Waals surface area contributed by atoms with Gasteiger partial charge in [0, 0.05) is 36.0 Å². The van der Waals surface area contributed by atoms with Gasteiger partial charge in [-0.3, -0.25) is 19.3 Å². The second kappa shape index (κ2) is 6.91. The number of carbonyl (C=O) groups is 3. The normalized spacial score (nSPS) is 21.4. The van der Waals surface area contributed by atoms with Crippen molar-refractivity contribution >= 4 is 33.2 Å². The summed E-state index contributed by atoms with van der Waals surface area (Å²) in [6.07, 6.45) is 1.76. The Bertz CT molecular complexity index is 907. The van der Waals surface area contributed by atoms with Crippen molar-refractivity contribution < 1.29 is 22.8 Å². The van der Waals surface area contributed by atoms with Crippen LogP contribution in [0.4, 0.5) is 5.69 Å². The quantitative estimate of drug-likeness (QED) is 0.780. The Morgan fingerprint density at radius 2 is 2.04 bits per heavy atom. The fourth-order valence-corrected chi connectivity index (χ4v) is 4.64. The number of imide groups is 1. The zero-order valence-electron chi connectivity index (χ0n) is 14.2. The summed E-state index contributed by atoms with van der Waals surface area (Å²) < 4.78 is 23.0. The van der Waals surface area contributed by atoms with E-state index in [4.69, 9.17) is 0 Å². The van der Waals surface area contributed by atoms with Gasteiger partial charge in [-0.05, 0) is 24.6 Å². The van der Waals surface area contributed by atoms with Gasteiger partial charge < -0.3 is 10.6 Å². The average Bonchev–Trinajstić information content (AvgIpc) is 3.09. The van der Waals surface area contributed by atoms with Crippen molar-refractivity contribution in [3.8, 4) is 0 Å². The summed E-state index contributed by atoms with van der Waals surface area (Å²) in [5.41, 5.74) is 1.54. The zero-order chi connectivity index (χ0) is 18.9. The van der Waals surface area contributed by atoms with Gasteiger partial charge in [0.25, 0.3) is 11.8 Å². The summed E-state index contributed by atoms with van der Waals surface area (Å²) in [6, 6.07) is 6.28. The van der Waals surface area contributed by atoms with Crippen LogP contribution in [0.5, 0.6) is 0 Å². The summed E-state index contributed by atoms with van der Waals surface area (Å²) in [5.74, 6) is -1.00. The van der Waals surface area contributed by atoms with E-state index >= 15 is 0 Å². The first-order chi connectivity index (χ1) is 12.2. The number of nitrogens with zero attached hydrogens (tertiary/aromatic N) is 1. The van der Waals surface area contributed by atoms with Crippen LogP contribution < -0.4 is 10.6 Å². The number of hydrogen-bond acceptors (Lipinski definition) is 6. The predicted molar refractivity (Wildman–Crippen MR) is 95.1 cm³/mol. The van der Waals surface area contributed by atoms with Gasteiger partial charge in [-0.2, -0.15) is 0 Å². The first-order valence-electron chi connectivity index (χ1n) is 8.14. The van der Waals surface area contributed by atoms with Crippen LogP contribution in [0.3, 0.4) is 0 Å². The number of rotatable bonds is 4. The molecule has 1 aromatic rings. The molecule has 1 atom stereocenters. The van der Waals surface area contributed by atoms with Crippen molar-refractivity contribution in [2.24, 2.45) is 0 Å². The lowest BCUT2D eigenvalue weighted by Crippen LogP contribution is -2.35. The van der Waals surface area contributed by atoms with E-state index in [9.17, 15) is 22.8 Å². The highest BCUT2D eigenvalue weighted by molar-refractivity contribution is 7.91. The van der Waals surface area contributed by atoms with Crippen LogP contribution in [0.2, 0.25) is 0 Å². The lowest BCUT2D eigenvalue weighted by Gasteiger charge is -2.14. The third-order valence-corrected chi connectivity index (χ3v) is 6.04. The first kappa shape index (κ1) is 18.1. The monoisotopic (exact) mass is 377 g/mol. The molecule has 0 spiro atoms. The molecule has 3 rings (SSSR count). The minimum Gasteiger partial charge on any atom is -0.357 e. The molecule has 0 saturated carbocycles. The van der Waals surface area contributed by atoms with Gasteiger partial charge in [0.05, 0.1) is 18.1 Å². The van der Waals surface area contributed by atoms with E-state index in [1.807, 2.05) is 0 Å². The molecule has 2 aliphatic rings. The topological polar surface area (TPSA) is 113 Å². The third-order valence-electron chi connectivity index (χ3n) is 4.27. The highest BCUT2D eigenvalue weighted by atomic mass is 32.2. The molecule has 3 amide bonds. The van der Waals surface area contributed by atoms with E-state index in [0.29, 0.717) is 23.4 Å². The Morgan fingerprint density at radius 1 is 1.27 bits per heavy atom. The van der Waals surface area contributed by atoms with Gasteiger partial charge in [-0.25, -0.2) is 8.42 Å². The van der Waals surface area contributed by atoms with Crippen molar-refractivity contribution in [1.29, 1.82) is 0 Å². The fourth-order valence-electron chi connectivity index (χ4n) is 2.96. The third kappa shape index (κ3) is 4.10. The molecule has 138 valence electrons. The Balaban J connectivity index is 1.65. The molecule has 0 unspecified atom stereocenters. The molecule has 0 radical (unpaired) electrons. The van der Waals surface area contributed by atoms with Crippen molar-refractivity contribution in [2.45, 2.75) is 19.4 Å². The number of amides is 3. The van der Waals surface area contributed by atoms with Gasteiger partial charge in [-0.1, -0.05) is 6.07 Å².